The molecule has 138 valence electrons. The first-order valence-electron chi connectivity index (χ1n) is 9.17. The van der Waals surface area contributed by atoms with Crippen LogP contribution in [0.4, 0.5) is 0 Å². The van der Waals surface area contributed by atoms with E-state index in [1.807, 2.05) is 6.08 Å². The van der Waals surface area contributed by atoms with Crippen molar-refractivity contribution in [2.75, 3.05) is 0 Å². The molecule has 7 heteroatoms. The Morgan fingerprint density at radius 2 is 1.27 bits per heavy atom. The highest BCUT2D eigenvalue weighted by Crippen LogP contribution is 2.41. The van der Waals surface area contributed by atoms with E-state index in [1.54, 1.807) is 6.08 Å². The number of carbonyl (C=O) groups is 5. The minimum Gasteiger partial charge on any atom is -0.393 e. The highest BCUT2D eigenvalue weighted by atomic mass is 16.6. The van der Waals surface area contributed by atoms with Crippen LogP contribution in [0.25, 0.3) is 0 Å². The van der Waals surface area contributed by atoms with E-state index in [4.69, 9.17) is 4.74 Å². The number of rotatable bonds is 3. The highest BCUT2D eigenvalue weighted by molar-refractivity contribution is 5.98. The topological polar surface area (TPSA) is 104 Å². The van der Waals surface area contributed by atoms with Crippen LogP contribution in [0.5, 0.6) is 0 Å². The molecule has 2 saturated heterocycles. The number of cyclic esters (lactones) is 4. The SMILES string of the molecule is O=C(C=CC1CCC2C(=O)OC(=O)C2C1)C1CCC2C(=O)OC(=O)C2C1. The molecule has 4 rings (SSSR count). The van der Waals surface area contributed by atoms with Gasteiger partial charge in [-0.2, -0.15) is 0 Å². The van der Waals surface area contributed by atoms with Gasteiger partial charge in [0.1, 0.15) is 0 Å². The molecule has 0 aromatic rings. The van der Waals surface area contributed by atoms with Gasteiger partial charge in [0.2, 0.25) is 0 Å². The summed E-state index contributed by atoms with van der Waals surface area (Å²) in [4.78, 5) is 59.0. The second-order valence-corrected chi connectivity index (χ2v) is 7.75. The molecule has 4 aliphatic rings. The van der Waals surface area contributed by atoms with E-state index in [2.05, 4.69) is 4.74 Å². The summed E-state index contributed by atoms with van der Waals surface area (Å²) < 4.78 is 9.37. The Hall–Kier alpha value is -2.31. The van der Waals surface area contributed by atoms with E-state index in [9.17, 15) is 24.0 Å². The Kier molecular flexibility index (Phi) is 4.25. The van der Waals surface area contributed by atoms with Gasteiger partial charge in [-0.25, -0.2) is 0 Å². The lowest BCUT2D eigenvalue weighted by molar-refractivity contribution is -0.155. The van der Waals surface area contributed by atoms with Gasteiger partial charge in [-0.3, -0.25) is 24.0 Å². The van der Waals surface area contributed by atoms with E-state index < -0.39 is 41.6 Å². The summed E-state index contributed by atoms with van der Waals surface area (Å²) in [5.41, 5.74) is 0. The lowest BCUT2D eigenvalue weighted by Gasteiger charge is -2.27. The fourth-order valence-electron chi connectivity index (χ4n) is 4.76. The van der Waals surface area contributed by atoms with Crippen molar-refractivity contribution in [3.05, 3.63) is 12.2 Å². The minimum atomic E-state index is -0.510. The van der Waals surface area contributed by atoms with Crippen LogP contribution in [-0.4, -0.2) is 29.7 Å². The molecule has 6 atom stereocenters. The maximum atomic E-state index is 12.5. The van der Waals surface area contributed by atoms with Crippen molar-refractivity contribution >= 4 is 29.7 Å². The maximum absolute atomic E-state index is 12.5. The first kappa shape index (κ1) is 17.1. The number of allylic oxidation sites excluding steroid dienone is 2. The lowest BCUT2D eigenvalue weighted by atomic mass is 9.73. The summed E-state index contributed by atoms with van der Waals surface area (Å²) in [6.07, 6.45) is 6.65. The molecule has 2 saturated carbocycles. The van der Waals surface area contributed by atoms with E-state index in [0.29, 0.717) is 32.1 Å². The molecule has 6 unspecified atom stereocenters. The van der Waals surface area contributed by atoms with E-state index in [-0.39, 0.29) is 23.5 Å². The second kappa shape index (κ2) is 6.45. The smallest absolute Gasteiger partial charge is 0.317 e. The lowest BCUT2D eigenvalue weighted by Crippen LogP contribution is -2.30. The fourth-order valence-corrected chi connectivity index (χ4v) is 4.76. The predicted molar refractivity (Wildman–Crippen MR) is 85.0 cm³/mol. The third kappa shape index (κ3) is 2.89. The molecule has 4 fully saturated rings. The molecule has 0 N–H and O–H groups in total. The van der Waals surface area contributed by atoms with Crippen LogP contribution >= 0.6 is 0 Å². The number of fused-ring (bicyclic) bond motifs is 2. The van der Waals surface area contributed by atoms with E-state index in [1.165, 1.54) is 0 Å². The van der Waals surface area contributed by atoms with Crippen molar-refractivity contribution in [2.45, 2.75) is 38.5 Å². The molecule has 0 amide bonds. The van der Waals surface area contributed by atoms with Crippen LogP contribution in [0.1, 0.15) is 38.5 Å². The molecule has 0 bridgehead atoms. The first-order valence-corrected chi connectivity index (χ1v) is 9.17. The summed E-state index contributed by atoms with van der Waals surface area (Å²) in [6.45, 7) is 0. The second-order valence-electron chi connectivity index (χ2n) is 7.75. The van der Waals surface area contributed by atoms with Gasteiger partial charge in [0, 0.05) is 5.92 Å². The van der Waals surface area contributed by atoms with Gasteiger partial charge in [0.25, 0.3) is 0 Å². The van der Waals surface area contributed by atoms with Gasteiger partial charge < -0.3 is 9.47 Å². The zero-order valence-electron chi connectivity index (χ0n) is 14.2. The molecule has 7 nitrogen and oxygen atoms in total. The van der Waals surface area contributed by atoms with Gasteiger partial charge in [-0.1, -0.05) is 6.08 Å². The molecule has 0 aromatic carbocycles. The number of esters is 4. The Bertz CT molecular complexity index is 721. The average molecular weight is 360 g/mol. The fraction of sp³-hybridized carbons (Fsp3) is 0.632. The summed E-state index contributed by atoms with van der Waals surface area (Å²) in [5.74, 6) is -3.72. The zero-order valence-corrected chi connectivity index (χ0v) is 14.2. The van der Waals surface area contributed by atoms with Crippen LogP contribution in [0.3, 0.4) is 0 Å². The van der Waals surface area contributed by atoms with Crippen LogP contribution in [-0.2, 0) is 33.4 Å². The van der Waals surface area contributed by atoms with E-state index >= 15 is 0 Å². The van der Waals surface area contributed by atoms with Crippen molar-refractivity contribution in [2.24, 2.45) is 35.5 Å². The number of ether oxygens (including phenoxy) is 2. The van der Waals surface area contributed by atoms with Gasteiger partial charge in [-0.05, 0) is 50.5 Å². The van der Waals surface area contributed by atoms with Crippen LogP contribution < -0.4 is 0 Å². The molecule has 2 heterocycles. The van der Waals surface area contributed by atoms with Crippen molar-refractivity contribution in [1.82, 2.24) is 0 Å². The quantitative estimate of drug-likeness (QED) is 0.425. The maximum Gasteiger partial charge on any atom is 0.317 e. The van der Waals surface area contributed by atoms with Crippen molar-refractivity contribution in [1.29, 1.82) is 0 Å². The molecular formula is C19H20O7. The Morgan fingerprint density at radius 1 is 0.731 bits per heavy atom. The molecular weight excluding hydrogens is 340 g/mol. The molecule has 2 aliphatic heterocycles. The Labute approximate surface area is 150 Å². The van der Waals surface area contributed by atoms with Gasteiger partial charge in [-0.15, -0.1) is 0 Å². The molecule has 0 spiro atoms. The average Bonchev–Trinajstić information content (AvgIpc) is 3.08. The predicted octanol–water partition coefficient (Wildman–Crippen LogP) is 1.34. The van der Waals surface area contributed by atoms with Crippen LogP contribution in [0.15, 0.2) is 12.2 Å². The summed E-state index contributed by atoms with van der Waals surface area (Å²) >= 11 is 0. The van der Waals surface area contributed by atoms with Gasteiger partial charge >= 0.3 is 23.9 Å². The Balaban J connectivity index is 1.35. The number of carbonyl (C=O) groups excluding carboxylic acids is 5. The minimum absolute atomic E-state index is 0.0530. The normalized spacial score (nSPS) is 39.5. The number of ketones is 1. The molecule has 0 aromatic heterocycles. The van der Waals surface area contributed by atoms with Gasteiger partial charge in [0.15, 0.2) is 5.78 Å². The Morgan fingerprint density at radius 3 is 1.92 bits per heavy atom. The standard InChI is InChI=1S/C19H20O7/c20-15(10-3-5-12-14(8-10)19(24)26-17(12)22)6-2-9-1-4-11-13(7-9)18(23)25-16(11)21/h2,6,9-14H,1,3-5,7-8H2. The zero-order chi connectivity index (χ0) is 18.4. The van der Waals surface area contributed by atoms with Crippen LogP contribution in [0.2, 0.25) is 0 Å². The highest BCUT2D eigenvalue weighted by Gasteiger charge is 2.49. The third-order valence-corrected chi connectivity index (χ3v) is 6.29. The van der Waals surface area contributed by atoms with Crippen molar-refractivity contribution < 1.29 is 33.4 Å². The van der Waals surface area contributed by atoms with Gasteiger partial charge in [0.05, 0.1) is 23.7 Å². The summed E-state index contributed by atoms with van der Waals surface area (Å²) in [5, 5.41) is 0. The van der Waals surface area contributed by atoms with Crippen molar-refractivity contribution in [3.8, 4) is 0 Å². The summed E-state index contributed by atoms with van der Waals surface area (Å²) in [7, 11) is 0. The number of hydrogen-bond acceptors (Lipinski definition) is 7. The molecule has 2 aliphatic carbocycles. The number of hydrogen-bond donors (Lipinski definition) is 0. The monoisotopic (exact) mass is 360 g/mol. The first-order chi connectivity index (χ1) is 12.4. The van der Waals surface area contributed by atoms with Crippen LogP contribution in [0, 0.1) is 35.5 Å². The largest absolute Gasteiger partial charge is 0.393 e. The van der Waals surface area contributed by atoms with Crippen molar-refractivity contribution in [3.63, 3.8) is 0 Å². The van der Waals surface area contributed by atoms with E-state index in [0.717, 1.165) is 6.42 Å². The summed E-state index contributed by atoms with van der Waals surface area (Å²) in [6, 6.07) is 0. The third-order valence-electron chi connectivity index (χ3n) is 6.29. The molecule has 26 heavy (non-hydrogen) atoms. The molecule has 0 radical (unpaired) electrons.